The molecule has 0 fully saturated rings. The van der Waals surface area contributed by atoms with Crippen molar-refractivity contribution in [3.8, 4) is 17.0 Å². The lowest BCUT2D eigenvalue weighted by Gasteiger charge is -2.10. The Bertz CT molecular complexity index is 1070. The monoisotopic (exact) mass is 400 g/mol. The van der Waals surface area contributed by atoms with E-state index in [-0.39, 0.29) is 24.3 Å². The summed E-state index contributed by atoms with van der Waals surface area (Å²) in [6.45, 7) is 0.239. The molecule has 0 saturated carbocycles. The van der Waals surface area contributed by atoms with Crippen LogP contribution in [-0.4, -0.2) is 29.5 Å². The molecule has 0 bridgehead atoms. The molecule has 9 heteroatoms. The molecule has 7 nitrogen and oxygen atoms in total. The van der Waals surface area contributed by atoms with E-state index in [4.69, 9.17) is 4.74 Å². The summed E-state index contributed by atoms with van der Waals surface area (Å²) in [5.41, 5.74) is 1.20. The zero-order chi connectivity index (χ0) is 20.8. The summed E-state index contributed by atoms with van der Waals surface area (Å²) >= 11 is 0. The predicted octanol–water partition coefficient (Wildman–Crippen LogP) is 3.02. The normalized spacial score (nSPS) is 10.4. The lowest BCUT2D eigenvalue weighted by Crippen LogP contribution is -2.34. The molecule has 0 aliphatic rings. The van der Waals surface area contributed by atoms with Gasteiger partial charge in [-0.05, 0) is 42.5 Å². The third kappa shape index (κ3) is 5.16. The van der Waals surface area contributed by atoms with Crippen molar-refractivity contribution in [2.75, 3.05) is 19.0 Å². The highest BCUT2D eigenvalue weighted by Gasteiger charge is 2.07. The van der Waals surface area contributed by atoms with Crippen LogP contribution in [0.2, 0.25) is 0 Å². The minimum Gasteiger partial charge on any atom is -0.497 e. The average Bonchev–Trinajstić information content (AvgIpc) is 2.72. The van der Waals surface area contributed by atoms with Crippen LogP contribution in [0.5, 0.6) is 5.75 Å². The molecule has 0 aliphatic heterocycles. The second-order valence-corrected chi connectivity index (χ2v) is 6.02. The molecule has 0 radical (unpaired) electrons. The smallest absolute Gasteiger partial charge is 0.319 e. The maximum Gasteiger partial charge on any atom is 0.319 e. The number of methoxy groups -OCH3 is 1. The van der Waals surface area contributed by atoms with Crippen LogP contribution in [0.15, 0.2) is 59.4 Å². The van der Waals surface area contributed by atoms with Gasteiger partial charge in [0.2, 0.25) is 0 Å². The largest absolute Gasteiger partial charge is 0.497 e. The number of rotatable bonds is 6. The summed E-state index contributed by atoms with van der Waals surface area (Å²) < 4.78 is 32.4. The van der Waals surface area contributed by atoms with Gasteiger partial charge in [0.1, 0.15) is 5.75 Å². The number of anilines is 1. The van der Waals surface area contributed by atoms with Crippen LogP contribution >= 0.6 is 0 Å². The van der Waals surface area contributed by atoms with Crippen LogP contribution in [0.25, 0.3) is 11.3 Å². The summed E-state index contributed by atoms with van der Waals surface area (Å²) in [6, 6.07) is 12.6. The first kappa shape index (κ1) is 20.0. The fourth-order valence-corrected chi connectivity index (χ4v) is 2.55. The number of nitrogens with zero attached hydrogens (tertiary/aromatic N) is 2. The number of nitrogens with one attached hydrogen (secondary N) is 2. The van der Waals surface area contributed by atoms with Gasteiger partial charge >= 0.3 is 6.03 Å². The quantitative estimate of drug-likeness (QED) is 0.666. The first-order valence-electron chi connectivity index (χ1n) is 8.69. The highest BCUT2D eigenvalue weighted by Crippen LogP contribution is 2.19. The van der Waals surface area contributed by atoms with Crippen LogP contribution in [0.4, 0.5) is 19.3 Å². The number of ether oxygens (including phenoxy) is 1. The van der Waals surface area contributed by atoms with Crippen molar-refractivity contribution in [1.29, 1.82) is 0 Å². The van der Waals surface area contributed by atoms with E-state index >= 15 is 0 Å². The third-order valence-electron chi connectivity index (χ3n) is 4.04. The number of aromatic nitrogens is 2. The van der Waals surface area contributed by atoms with Crippen molar-refractivity contribution in [2.24, 2.45) is 0 Å². The number of carbonyl (C=O) groups is 1. The van der Waals surface area contributed by atoms with E-state index in [2.05, 4.69) is 15.7 Å². The molecule has 1 heterocycles. The molecule has 2 N–H and O–H groups in total. The third-order valence-corrected chi connectivity index (χ3v) is 4.04. The van der Waals surface area contributed by atoms with Crippen LogP contribution in [0.1, 0.15) is 0 Å². The van der Waals surface area contributed by atoms with Crippen molar-refractivity contribution in [3.63, 3.8) is 0 Å². The van der Waals surface area contributed by atoms with E-state index < -0.39 is 17.7 Å². The molecule has 3 aromatic rings. The Morgan fingerprint density at radius 3 is 2.52 bits per heavy atom. The van der Waals surface area contributed by atoms with Gasteiger partial charge in [0.05, 0.1) is 19.3 Å². The Morgan fingerprint density at radius 2 is 1.83 bits per heavy atom. The van der Waals surface area contributed by atoms with Crippen molar-refractivity contribution in [3.05, 3.63) is 76.6 Å². The van der Waals surface area contributed by atoms with Gasteiger partial charge < -0.3 is 15.4 Å². The minimum absolute atomic E-state index is 0.106. The van der Waals surface area contributed by atoms with Crippen LogP contribution < -0.4 is 20.9 Å². The molecule has 0 aliphatic carbocycles. The second-order valence-electron chi connectivity index (χ2n) is 6.02. The molecular weight excluding hydrogens is 382 g/mol. The first-order valence-corrected chi connectivity index (χ1v) is 8.69. The highest BCUT2D eigenvalue weighted by atomic mass is 19.2. The predicted molar refractivity (Wildman–Crippen MR) is 104 cm³/mol. The fraction of sp³-hybridized carbons (Fsp3) is 0.150. The Hall–Kier alpha value is -3.75. The number of halogens is 2. The molecule has 0 atom stereocenters. The van der Waals surface area contributed by atoms with Gasteiger partial charge in [0.15, 0.2) is 11.6 Å². The zero-order valence-electron chi connectivity index (χ0n) is 15.5. The summed E-state index contributed by atoms with van der Waals surface area (Å²) in [5, 5.41) is 9.22. The number of hydrogen-bond donors (Lipinski definition) is 2. The number of benzene rings is 2. The maximum absolute atomic E-state index is 13.2. The molecule has 0 unspecified atom stereocenters. The van der Waals surface area contributed by atoms with Crippen molar-refractivity contribution in [2.45, 2.75) is 6.54 Å². The summed E-state index contributed by atoms with van der Waals surface area (Å²) in [6.07, 6.45) is 0. The van der Waals surface area contributed by atoms with Gasteiger partial charge in [-0.15, -0.1) is 0 Å². The van der Waals surface area contributed by atoms with Crippen LogP contribution in [-0.2, 0) is 6.54 Å². The SMILES string of the molecule is COc1ccc(-c2ccc(=O)n(CCNC(=O)Nc3ccc(F)c(F)c3)n2)cc1. The van der Waals surface area contributed by atoms with E-state index in [1.807, 2.05) is 12.1 Å². The second kappa shape index (κ2) is 8.96. The van der Waals surface area contributed by atoms with Crippen molar-refractivity contribution in [1.82, 2.24) is 15.1 Å². The maximum atomic E-state index is 13.2. The Balaban J connectivity index is 1.60. The molecule has 1 aromatic heterocycles. The Labute approximate surface area is 164 Å². The van der Waals surface area contributed by atoms with E-state index in [0.29, 0.717) is 11.4 Å². The molecule has 2 aromatic carbocycles. The number of hydrogen-bond acceptors (Lipinski definition) is 4. The molecule has 29 heavy (non-hydrogen) atoms. The Kier molecular flexibility index (Phi) is 6.18. The van der Waals surface area contributed by atoms with Crippen LogP contribution in [0, 0.1) is 11.6 Å². The van der Waals surface area contributed by atoms with Gasteiger partial charge in [0, 0.05) is 29.9 Å². The fourth-order valence-electron chi connectivity index (χ4n) is 2.55. The Morgan fingerprint density at radius 1 is 1.07 bits per heavy atom. The first-order chi connectivity index (χ1) is 14.0. The van der Waals surface area contributed by atoms with Gasteiger partial charge in [0.25, 0.3) is 5.56 Å². The number of carbonyl (C=O) groups excluding carboxylic acids is 1. The lowest BCUT2D eigenvalue weighted by atomic mass is 10.1. The van der Waals surface area contributed by atoms with Gasteiger partial charge in [-0.25, -0.2) is 18.3 Å². The molecular formula is C20H18F2N4O3. The van der Waals surface area contributed by atoms with Gasteiger partial charge in [-0.1, -0.05) is 0 Å². The van der Waals surface area contributed by atoms with E-state index in [1.165, 1.54) is 16.8 Å². The lowest BCUT2D eigenvalue weighted by molar-refractivity contribution is 0.251. The van der Waals surface area contributed by atoms with E-state index in [1.54, 1.807) is 25.3 Å². The molecule has 2 amide bonds. The van der Waals surface area contributed by atoms with Crippen molar-refractivity contribution >= 4 is 11.7 Å². The van der Waals surface area contributed by atoms with Crippen molar-refractivity contribution < 1.29 is 18.3 Å². The van der Waals surface area contributed by atoms with Gasteiger partial charge in [-0.3, -0.25) is 4.79 Å². The van der Waals surface area contributed by atoms with Crippen LogP contribution in [0.3, 0.4) is 0 Å². The topological polar surface area (TPSA) is 85.2 Å². The molecule has 150 valence electrons. The number of amides is 2. The van der Waals surface area contributed by atoms with E-state index in [9.17, 15) is 18.4 Å². The van der Waals surface area contributed by atoms with E-state index in [0.717, 1.165) is 17.7 Å². The summed E-state index contributed by atoms with van der Waals surface area (Å²) in [7, 11) is 1.57. The molecule has 0 saturated heterocycles. The van der Waals surface area contributed by atoms with Gasteiger partial charge in [-0.2, -0.15) is 5.10 Å². The summed E-state index contributed by atoms with van der Waals surface area (Å²) in [4.78, 5) is 23.9. The molecule has 3 rings (SSSR count). The standard InChI is InChI=1S/C20H18F2N4O3/c1-29-15-5-2-13(3-6-15)18-8-9-19(27)26(25-18)11-10-23-20(28)24-14-4-7-16(21)17(22)12-14/h2-9,12H,10-11H2,1H3,(H2,23,24,28). The average molecular weight is 400 g/mol. The summed E-state index contributed by atoms with van der Waals surface area (Å²) in [5.74, 6) is -1.36. The number of urea groups is 1. The highest BCUT2D eigenvalue weighted by molar-refractivity contribution is 5.89. The molecule has 0 spiro atoms. The zero-order valence-corrected chi connectivity index (χ0v) is 15.5. The minimum atomic E-state index is -1.06.